The summed E-state index contributed by atoms with van der Waals surface area (Å²) >= 11 is 3.47. The highest BCUT2D eigenvalue weighted by Gasteiger charge is 2.21. The minimum Gasteiger partial charge on any atom is -0.353 e. The van der Waals surface area contributed by atoms with Crippen LogP contribution >= 0.6 is 15.9 Å². The van der Waals surface area contributed by atoms with Gasteiger partial charge in [0.2, 0.25) is 0 Å². The average molecular weight is 307 g/mol. The van der Waals surface area contributed by atoms with Gasteiger partial charge >= 0.3 is 0 Å². The first-order chi connectivity index (χ1) is 8.14. The summed E-state index contributed by atoms with van der Waals surface area (Å²) in [5, 5.41) is 1.12. The minimum atomic E-state index is 0.0607. The zero-order valence-corrected chi connectivity index (χ0v) is 12.9. The van der Waals surface area contributed by atoms with Crippen LogP contribution in [0.3, 0.4) is 0 Å². The number of hydrogen-bond acceptors (Lipinski definition) is 2. The van der Waals surface area contributed by atoms with E-state index in [1.807, 2.05) is 0 Å². The Morgan fingerprint density at radius 1 is 1.24 bits per heavy atom. The van der Waals surface area contributed by atoms with Crippen molar-refractivity contribution in [2.45, 2.75) is 65.1 Å². The molecule has 17 heavy (non-hydrogen) atoms. The molecule has 0 bridgehead atoms. The summed E-state index contributed by atoms with van der Waals surface area (Å²) in [7, 11) is 0. The Hall–Kier alpha value is 0.400. The van der Waals surface area contributed by atoms with Gasteiger partial charge in [-0.2, -0.15) is 0 Å². The number of unbranched alkanes of at least 4 members (excludes halogenated alkanes) is 2. The normalized spacial score (nSPS) is 21.7. The Labute approximate surface area is 115 Å². The molecule has 1 aliphatic rings. The summed E-state index contributed by atoms with van der Waals surface area (Å²) in [5.74, 6) is 0. The molecule has 102 valence electrons. The molecule has 1 saturated heterocycles. The lowest BCUT2D eigenvalue weighted by Crippen LogP contribution is -2.28. The predicted molar refractivity (Wildman–Crippen MR) is 75.6 cm³/mol. The van der Waals surface area contributed by atoms with Crippen LogP contribution in [0, 0.1) is 5.41 Å². The number of halogens is 1. The van der Waals surface area contributed by atoms with Crippen molar-refractivity contribution in [1.29, 1.82) is 0 Å². The van der Waals surface area contributed by atoms with Crippen molar-refractivity contribution < 1.29 is 9.47 Å². The second-order valence-electron chi connectivity index (χ2n) is 5.77. The van der Waals surface area contributed by atoms with Gasteiger partial charge in [-0.25, -0.2) is 0 Å². The maximum atomic E-state index is 5.87. The standard InChI is InChI=1S/C14H27BrO2/c1-14(2,9-5-3-6-10-15)12-17-13-8-4-7-11-16-13/h13H,3-12H2,1-2H3. The summed E-state index contributed by atoms with van der Waals surface area (Å²) in [4.78, 5) is 0. The first kappa shape index (κ1) is 15.5. The maximum absolute atomic E-state index is 5.87. The first-order valence-corrected chi connectivity index (χ1v) is 8.05. The fraction of sp³-hybridized carbons (Fsp3) is 1.00. The van der Waals surface area contributed by atoms with E-state index in [4.69, 9.17) is 9.47 Å². The molecule has 0 radical (unpaired) electrons. The molecule has 1 fully saturated rings. The van der Waals surface area contributed by atoms with Gasteiger partial charge in [0.1, 0.15) is 0 Å². The summed E-state index contributed by atoms with van der Waals surface area (Å²) in [6.45, 7) is 6.29. The van der Waals surface area contributed by atoms with Crippen LogP contribution in [0.4, 0.5) is 0 Å². The van der Waals surface area contributed by atoms with Crippen LogP contribution < -0.4 is 0 Å². The largest absolute Gasteiger partial charge is 0.353 e. The molecule has 0 aromatic rings. The molecule has 1 unspecified atom stereocenters. The van der Waals surface area contributed by atoms with Gasteiger partial charge in [0.25, 0.3) is 0 Å². The highest BCUT2D eigenvalue weighted by molar-refractivity contribution is 9.09. The molecule has 1 atom stereocenters. The van der Waals surface area contributed by atoms with Crippen LogP contribution in [0.25, 0.3) is 0 Å². The Balaban J connectivity index is 2.09. The lowest BCUT2D eigenvalue weighted by atomic mass is 9.88. The van der Waals surface area contributed by atoms with Gasteiger partial charge in [-0.3, -0.25) is 0 Å². The second-order valence-corrected chi connectivity index (χ2v) is 6.56. The molecule has 1 heterocycles. The number of hydrogen-bond donors (Lipinski definition) is 0. The SMILES string of the molecule is CC(C)(CCCCCBr)COC1CCCCO1. The zero-order chi connectivity index (χ0) is 12.6. The van der Waals surface area contributed by atoms with Crippen molar-refractivity contribution >= 4 is 15.9 Å². The molecule has 0 amide bonds. The van der Waals surface area contributed by atoms with Gasteiger partial charge in [0, 0.05) is 11.9 Å². The maximum Gasteiger partial charge on any atom is 0.157 e. The molecule has 0 N–H and O–H groups in total. The minimum absolute atomic E-state index is 0.0607. The van der Waals surface area contributed by atoms with Gasteiger partial charge in [-0.15, -0.1) is 0 Å². The highest BCUT2D eigenvalue weighted by Crippen LogP contribution is 2.26. The topological polar surface area (TPSA) is 18.5 Å². The van der Waals surface area contributed by atoms with E-state index in [1.165, 1.54) is 38.5 Å². The lowest BCUT2D eigenvalue weighted by Gasteiger charge is -2.29. The number of rotatable bonds is 8. The smallest absolute Gasteiger partial charge is 0.157 e. The van der Waals surface area contributed by atoms with Gasteiger partial charge in [0.15, 0.2) is 6.29 Å². The van der Waals surface area contributed by atoms with Crippen LogP contribution in [0.5, 0.6) is 0 Å². The van der Waals surface area contributed by atoms with E-state index >= 15 is 0 Å². The molecule has 0 aromatic heterocycles. The Bertz CT molecular complexity index is 189. The van der Waals surface area contributed by atoms with Crippen molar-refractivity contribution in [1.82, 2.24) is 0 Å². The van der Waals surface area contributed by atoms with Crippen LogP contribution in [-0.2, 0) is 9.47 Å². The predicted octanol–water partition coefficient (Wildman–Crippen LogP) is 4.51. The monoisotopic (exact) mass is 306 g/mol. The Morgan fingerprint density at radius 2 is 2.06 bits per heavy atom. The van der Waals surface area contributed by atoms with E-state index in [0.717, 1.165) is 25.0 Å². The molecule has 0 spiro atoms. The summed E-state index contributed by atoms with van der Waals surface area (Å²) in [6, 6.07) is 0. The summed E-state index contributed by atoms with van der Waals surface area (Å²) in [5.41, 5.74) is 0.285. The molecular weight excluding hydrogens is 280 g/mol. The average Bonchev–Trinajstić information content (AvgIpc) is 2.34. The fourth-order valence-corrected chi connectivity index (χ4v) is 2.50. The van der Waals surface area contributed by atoms with E-state index in [1.54, 1.807) is 0 Å². The molecule has 0 aromatic carbocycles. The first-order valence-electron chi connectivity index (χ1n) is 6.93. The molecule has 0 aliphatic carbocycles. The van der Waals surface area contributed by atoms with Gasteiger partial charge in [0.05, 0.1) is 6.61 Å². The Kier molecular flexibility index (Phi) is 7.72. The van der Waals surface area contributed by atoms with Crippen LogP contribution in [0.2, 0.25) is 0 Å². The summed E-state index contributed by atoms with van der Waals surface area (Å²) < 4.78 is 11.5. The fourth-order valence-electron chi connectivity index (χ4n) is 2.11. The third-order valence-electron chi connectivity index (χ3n) is 3.29. The van der Waals surface area contributed by atoms with Gasteiger partial charge in [-0.1, -0.05) is 42.6 Å². The van der Waals surface area contributed by atoms with Crippen molar-refractivity contribution in [3.8, 4) is 0 Å². The third-order valence-corrected chi connectivity index (χ3v) is 3.85. The van der Waals surface area contributed by atoms with Crippen LogP contribution in [0.1, 0.15) is 58.8 Å². The van der Waals surface area contributed by atoms with Crippen molar-refractivity contribution in [2.75, 3.05) is 18.5 Å². The summed E-state index contributed by atoms with van der Waals surface area (Å²) in [6.07, 6.45) is 8.70. The van der Waals surface area contributed by atoms with Gasteiger partial charge < -0.3 is 9.47 Å². The number of ether oxygens (including phenoxy) is 2. The lowest BCUT2D eigenvalue weighted by molar-refractivity contribution is -0.176. The van der Waals surface area contributed by atoms with E-state index < -0.39 is 0 Å². The quantitative estimate of drug-likeness (QED) is 0.485. The van der Waals surface area contributed by atoms with Crippen LogP contribution in [0.15, 0.2) is 0 Å². The van der Waals surface area contributed by atoms with Crippen LogP contribution in [-0.4, -0.2) is 24.8 Å². The van der Waals surface area contributed by atoms with Crippen molar-refractivity contribution in [2.24, 2.45) is 5.41 Å². The van der Waals surface area contributed by atoms with Gasteiger partial charge in [-0.05, 0) is 37.5 Å². The molecule has 3 heteroatoms. The second kappa shape index (κ2) is 8.49. The highest BCUT2D eigenvalue weighted by atomic mass is 79.9. The van der Waals surface area contributed by atoms with Crippen molar-refractivity contribution in [3.63, 3.8) is 0 Å². The van der Waals surface area contributed by atoms with Crippen molar-refractivity contribution in [3.05, 3.63) is 0 Å². The zero-order valence-electron chi connectivity index (χ0n) is 11.3. The van der Waals surface area contributed by atoms with E-state index in [0.29, 0.717) is 0 Å². The van der Waals surface area contributed by atoms with E-state index in [9.17, 15) is 0 Å². The number of alkyl halides is 1. The third kappa shape index (κ3) is 7.43. The molecule has 2 nitrogen and oxygen atoms in total. The molecule has 1 aliphatic heterocycles. The van der Waals surface area contributed by atoms with E-state index in [2.05, 4.69) is 29.8 Å². The van der Waals surface area contributed by atoms with E-state index in [-0.39, 0.29) is 11.7 Å². The molecule has 1 rings (SSSR count). The molecule has 0 saturated carbocycles. The molecular formula is C14H27BrO2. The Morgan fingerprint density at radius 3 is 2.71 bits per heavy atom.